The molecule has 1 saturated heterocycles. The lowest BCUT2D eigenvalue weighted by Gasteiger charge is -2.29. The van der Waals surface area contributed by atoms with Crippen molar-refractivity contribution in [2.45, 2.75) is 44.6 Å². The number of nitrogens with zero attached hydrogens (tertiary/aromatic N) is 1. The number of primary amides is 1. The molecule has 4 N–H and O–H groups in total. The third-order valence-electron chi connectivity index (χ3n) is 4.73. The molecule has 0 aliphatic carbocycles. The summed E-state index contributed by atoms with van der Waals surface area (Å²) >= 11 is 0. The molecule has 7 nitrogen and oxygen atoms in total. The molecule has 1 heterocycles. The van der Waals surface area contributed by atoms with Crippen molar-refractivity contribution >= 4 is 17.7 Å². The maximum atomic E-state index is 13.0. The second-order valence-electron chi connectivity index (χ2n) is 6.44. The third-order valence-corrected chi connectivity index (χ3v) is 4.73. The van der Waals surface area contributed by atoms with E-state index in [0.717, 1.165) is 11.1 Å². The minimum absolute atomic E-state index is 0.0386. The Balaban J connectivity index is 2.25. The van der Waals surface area contributed by atoms with Crippen molar-refractivity contribution < 1.29 is 19.6 Å². The Hall–Kier alpha value is -2.41. The molecule has 0 aromatic heterocycles. The van der Waals surface area contributed by atoms with Crippen LogP contribution in [0.25, 0.3) is 0 Å². The van der Waals surface area contributed by atoms with Gasteiger partial charge in [0.25, 0.3) is 5.91 Å². The van der Waals surface area contributed by atoms with E-state index in [1.54, 1.807) is 5.48 Å². The van der Waals surface area contributed by atoms with Gasteiger partial charge >= 0.3 is 0 Å². The molecule has 1 fully saturated rings. The Labute approximate surface area is 140 Å². The molecule has 0 spiro atoms. The highest BCUT2D eigenvalue weighted by molar-refractivity contribution is 5.94. The van der Waals surface area contributed by atoms with Gasteiger partial charge in [0.05, 0.1) is 5.41 Å². The zero-order valence-corrected chi connectivity index (χ0v) is 13.9. The molecule has 1 aromatic rings. The molecule has 0 saturated carbocycles. The Bertz CT molecular complexity index is 644. The molecule has 1 unspecified atom stereocenters. The van der Waals surface area contributed by atoms with Crippen molar-refractivity contribution in [1.82, 2.24) is 10.4 Å². The number of nitrogens with one attached hydrogen (secondary N) is 1. The molecule has 2 rings (SSSR count). The van der Waals surface area contributed by atoms with Gasteiger partial charge in [0.15, 0.2) is 0 Å². The summed E-state index contributed by atoms with van der Waals surface area (Å²) in [6.07, 6.45) is 0.598. The highest BCUT2D eigenvalue weighted by atomic mass is 16.5. The van der Waals surface area contributed by atoms with Crippen molar-refractivity contribution in [1.29, 1.82) is 0 Å². The number of hydrogen-bond donors (Lipinski definition) is 3. The number of likely N-dealkylation sites (tertiary alicyclic amines) is 1. The van der Waals surface area contributed by atoms with Crippen LogP contribution in [0.15, 0.2) is 24.3 Å². The van der Waals surface area contributed by atoms with Crippen LogP contribution in [0, 0.1) is 6.92 Å². The Kier molecular flexibility index (Phi) is 5.23. The van der Waals surface area contributed by atoms with Crippen LogP contribution in [0.4, 0.5) is 0 Å². The standard InChI is InChI=1S/C17H23N3O4/c1-11-3-5-12(6-4-11)17(2)9-10-20(16(17)23)13(15(22)19-24)7-8-14(18)21/h3-6,13,24H,7-10H2,1-2H3,(H2,18,21)(H,19,22)/t13-,17?/m1/s1. The number of amides is 3. The summed E-state index contributed by atoms with van der Waals surface area (Å²) in [5.41, 5.74) is 7.97. The van der Waals surface area contributed by atoms with E-state index in [-0.39, 0.29) is 18.7 Å². The van der Waals surface area contributed by atoms with E-state index < -0.39 is 23.3 Å². The van der Waals surface area contributed by atoms with Crippen LogP contribution < -0.4 is 11.2 Å². The molecule has 130 valence electrons. The summed E-state index contributed by atoms with van der Waals surface area (Å²) in [7, 11) is 0. The van der Waals surface area contributed by atoms with Gasteiger partial charge in [0.2, 0.25) is 11.8 Å². The first kappa shape index (κ1) is 17.9. The van der Waals surface area contributed by atoms with Gasteiger partial charge in [-0.25, -0.2) is 5.48 Å². The van der Waals surface area contributed by atoms with Crippen LogP contribution in [-0.2, 0) is 19.8 Å². The van der Waals surface area contributed by atoms with Crippen molar-refractivity contribution in [3.05, 3.63) is 35.4 Å². The summed E-state index contributed by atoms with van der Waals surface area (Å²) in [4.78, 5) is 37.4. The first-order chi connectivity index (χ1) is 11.3. The fourth-order valence-electron chi connectivity index (χ4n) is 3.14. The summed E-state index contributed by atoms with van der Waals surface area (Å²) in [5, 5.41) is 8.94. The quantitative estimate of drug-likeness (QED) is 0.523. The van der Waals surface area contributed by atoms with Crippen molar-refractivity contribution in [2.75, 3.05) is 6.54 Å². The third kappa shape index (κ3) is 3.41. The number of rotatable bonds is 6. The van der Waals surface area contributed by atoms with E-state index in [2.05, 4.69) is 0 Å². The predicted octanol–water partition coefficient (Wildman–Crippen LogP) is 0.625. The molecule has 24 heavy (non-hydrogen) atoms. The SMILES string of the molecule is Cc1ccc(C2(C)CCN([C@H](CCC(N)=O)C(=O)NO)C2=O)cc1. The summed E-state index contributed by atoms with van der Waals surface area (Å²) in [6, 6.07) is 6.81. The monoisotopic (exact) mass is 333 g/mol. The summed E-state index contributed by atoms with van der Waals surface area (Å²) in [5.74, 6) is -1.46. The first-order valence-electron chi connectivity index (χ1n) is 7.90. The number of nitrogens with two attached hydrogens (primary N) is 1. The molecular formula is C17H23N3O4. The van der Waals surface area contributed by atoms with Gasteiger partial charge in [-0.2, -0.15) is 0 Å². The molecule has 2 atom stereocenters. The number of carbonyl (C=O) groups excluding carboxylic acids is 3. The highest BCUT2D eigenvalue weighted by Crippen LogP contribution is 2.37. The summed E-state index contributed by atoms with van der Waals surface area (Å²) in [6.45, 7) is 4.20. The first-order valence-corrected chi connectivity index (χ1v) is 7.90. The number of carbonyl (C=O) groups is 3. The average Bonchev–Trinajstić information content (AvgIpc) is 2.85. The summed E-state index contributed by atoms with van der Waals surface area (Å²) < 4.78 is 0. The van der Waals surface area contributed by atoms with Crippen LogP contribution in [0.5, 0.6) is 0 Å². The van der Waals surface area contributed by atoms with Crippen LogP contribution in [0.2, 0.25) is 0 Å². The molecule has 1 aliphatic rings. The van der Waals surface area contributed by atoms with Crippen molar-refractivity contribution in [3.8, 4) is 0 Å². The molecule has 0 radical (unpaired) electrons. The molecular weight excluding hydrogens is 310 g/mol. The topological polar surface area (TPSA) is 113 Å². The molecule has 1 aliphatic heterocycles. The van der Waals surface area contributed by atoms with Crippen molar-refractivity contribution in [3.63, 3.8) is 0 Å². The molecule has 7 heteroatoms. The van der Waals surface area contributed by atoms with Crippen LogP contribution >= 0.6 is 0 Å². The minimum atomic E-state index is -0.915. The fraction of sp³-hybridized carbons (Fsp3) is 0.471. The number of hydroxylamine groups is 1. The molecule has 3 amide bonds. The van der Waals surface area contributed by atoms with Crippen LogP contribution in [-0.4, -0.2) is 40.4 Å². The fourth-order valence-corrected chi connectivity index (χ4v) is 3.14. The van der Waals surface area contributed by atoms with Gasteiger partial charge in [0.1, 0.15) is 6.04 Å². The smallest absolute Gasteiger partial charge is 0.266 e. The molecule has 0 bridgehead atoms. The maximum Gasteiger partial charge on any atom is 0.266 e. The predicted molar refractivity (Wildman–Crippen MR) is 87.0 cm³/mol. The second kappa shape index (κ2) is 7.00. The van der Waals surface area contributed by atoms with Crippen LogP contribution in [0.1, 0.15) is 37.3 Å². The highest BCUT2D eigenvalue weighted by Gasteiger charge is 2.47. The van der Waals surface area contributed by atoms with E-state index in [4.69, 9.17) is 10.9 Å². The van der Waals surface area contributed by atoms with E-state index in [1.807, 2.05) is 38.1 Å². The van der Waals surface area contributed by atoms with Gasteiger partial charge in [-0.15, -0.1) is 0 Å². The van der Waals surface area contributed by atoms with Gasteiger partial charge in [-0.1, -0.05) is 29.8 Å². The zero-order chi connectivity index (χ0) is 17.9. The van der Waals surface area contributed by atoms with Gasteiger partial charge in [-0.05, 0) is 32.3 Å². The lowest BCUT2D eigenvalue weighted by atomic mass is 9.81. The van der Waals surface area contributed by atoms with Crippen LogP contribution in [0.3, 0.4) is 0 Å². The van der Waals surface area contributed by atoms with E-state index >= 15 is 0 Å². The average molecular weight is 333 g/mol. The van der Waals surface area contributed by atoms with Gasteiger partial charge in [-0.3, -0.25) is 19.6 Å². The Morgan fingerprint density at radius 2 is 2.00 bits per heavy atom. The van der Waals surface area contributed by atoms with E-state index in [1.165, 1.54) is 4.90 Å². The van der Waals surface area contributed by atoms with E-state index in [9.17, 15) is 14.4 Å². The normalized spacial score (nSPS) is 21.6. The molecule has 1 aromatic carbocycles. The largest absolute Gasteiger partial charge is 0.370 e. The van der Waals surface area contributed by atoms with Gasteiger partial charge in [0, 0.05) is 13.0 Å². The van der Waals surface area contributed by atoms with Gasteiger partial charge < -0.3 is 10.6 Å². The Morgan fingerprint density at radius 3 is 2.54 bits per heavy atom. The zero-order valence-electron chi connectivity index (χ0n) is 13.9. The number of hydrogen-bond acceptors (Lipinski definition) is 4. The van der Waals surface area contributed by atoms with E-state index in [0.29, 0.717) is 13.0 Å². The second-order valence-corrected chi connectivity index (χ2v) is 6.44. The minimum Gasteiger partial charge on any atom is -0.370 e. The maximum absolute atomic E-state index is 13.0. The number of benzene rings is 1. The number of aryl methyl sites for hydroxylation is 1. The lowest BCUT2D eigenvalue weighted by molar-refractivity contribution is -0.144. The van der Waals surface area contributed by atoms with Crippen molar-refractivity contribution in [2.24, 2.45) is 5.73 Å². The lowest BCUT2D eigenvalue weighted by Crippen LogP contribution is -2.49. The Morgan fingerprint density at radius 1 is 1.38 bits per heavy atom.